The van der Waals surface area contributed by atoms with Crippen molar-refractivity contribution >= 4 is 37.1 Å². The van der Waals surface area contributed by atoms with Gasteiger partial charge in [0.25, 0.3) is 0 Å². The zero-order chi connectivity index (χ0) is 21.6. The predicted molar refractivity (Wildman–Crippen MR) is 144 cm³/mol. The molecular formula is C30H30P2. The fourth-order valence-corrected chi connectivity index (χ4v) is 10.2. The van der Waals surface area contributed by atoms with E-state index in [-0.39, 0.29) is 15.8 Å². The Morgan fingerprint density at radius 2 is 0.656 bits per heavy atom. The minimum atomic E-state index is -0.298. The van der Waals surface area contributed by atoms with Crippen molar-refractivity contribution in [2.24, 2.45) is 11.8 Å². The summed E-state index contributed by atoms with van der Waals surface area (Å²) in [6, 6.07) is 44.9. The van der Waals surface area contributed by atoms with Crippen LogP contribution in [0, 0.1) is 11.8 Å². The van der Waals surface area contributed by atoms with Crippen LogP contribution in [0.5, 0.6) is 0 Å². The van der Waals surface area contributed by atoms with Crippen LogP contribution in [-0.2, 0) is 0 Å². The van der Waals surface area contributed by atoms with Gasteiger partial charge in [-0.05, 0) is 74.1 Å². The van der Waals surface area contributed by atoms with Crippen LogP contribution in [0.4, 0.5) is 0 Å². The Hall–Kier alpha value is -2.26. The van der Waals surface area contributed by atoms with E-state index in [0.717, 1.165) is 11.8 Å². The third kappa shape index (κ3) is 5.04. The van der Waals surface area contributed by atoms with Gasteiger partial charge in [-0.15, -0.1) is 0 Å². The molecule has 0 spiro atoms. The number of benzene rings is 4. The van der Waals surface area contributed by atoms with Gasteiger partial charge in [-0.3, -0.25) is 0 Å². The topological polar surface area (TPSA) is 0 Å². The Bertz CT molecular complexity index is 911. The summed E-state index contributed by atoms with van der Waals surface area (Å²) < 4.78 is 0. The highest BCUT2D eigenvalue weighted by Crippen LogP contribution is 2.49. The molecule has 1 aliphatic rings. The van der Waals surface area contributed by atoms with Crippen LogP contribution in [0.2, 0.25) is 0 Å². The highest BCUT2D eigenvalue weighted by molar-refractivity contribution is 7.73. The van der Waals surface area contributed by atoms with E-state index in [2.05, 4.69) is 121 Å². The smallest absolute Gasteiger partial charge is 0.0195 e. The van der Waals surface area contributed by atoms with Crippen molar-refractivity contribution in [2.45, 2.75) is 12.8 Å². The summed E-state index contributed by atoms with van der Waals surface area (Å²) in [6.07, 6.45) is 5.41. The molecule has 0 saturated heterocycles. The molecule has 5 rings (SSSR count). The molecule has 4 aromatic rings. The van der Waals surface area contributed by atoms with Gasteiger partial charge in [-0.25, -0.2) is 0 Å². The number of hydrogen-bond donors (Lipinski definition) is 0. The van der Waals surface area contributed by atoms with E-state index in [0.29, 0.717) is 0 Å². The third-order valence-corrected chi connectivity index (χ3v) is 12.0. The lowest BCUT2D eigenvalue weighted by Gasteiger charge is -2.41. The van der Waals surface area contributed by atoms with E-state index in [1.807, 2.05) is 0 Å². The second kappa shape index (κ2) is 10.6. The maximum atomic E-state index is 2.34. The first kappa shape index (κ1) is 21.6. The van der Waals surface area contributed by atoms with Gasteiger partial charge in [0.1, 0.15) is 0 Å². The van der Waals surface area contributed by atoms with E-state index in [9.17, 15) is 0 Å². The first-order chi connectivity index (χ1) is 15.9. The van der Waals surface area contributed by atoms with Gasteiger partial charge in [0.15, 0.2) is 0 Å². The van der Waals surface area contributed by atoms with Gasteiger partial charge in [0.2, 0.25) is 0 Å². The van der Waals surface area contributed by atoms with E-state index < -0.39 is 0 Å². The largest absolute Gasteiger partial charge is 0.0622 e. The predicted octanol–water partition coefficient (Wildman–Crippen LogP) is 6.28. The standard InChI is InChI=1S/C30H30P2/c1-5-13-27(14-6-1)31(28-15-7-2-8-16-28)23-25-21-22-26(25)24-32(29-17-9-3-10-18-29)30-19-11-4-12-20-30/h1-20,25-26H,21-24H2/t25-,26-/m1/s1. The van der Waals surface area contributed by atoms with Crippen LogP contribution in [0.3, 0.4) is 0 Å². The molecule has 32 heavy (non-hydrogen) atoms. The van der Waals surface area contributed by atoms with Crippen LogP contribution in [0.25, 0.3) is 0 Å². The van der Waals surface area contributed by atoms with Crippen molar-refractivity contribution in [3.8, 4) is 0 Å². The molecule has 0 amide bonds. The molecule has 2 atom stereocenters. The summed E-state index contributed by atoms with van der Waals surface area (Å²) in [5.74, 6) is 1.66. The van der Waals surface area contributed by atoms with E-state index in [4.69, 9.17) is 0 Å². The monoisotopic (exact) mass is 452 g/mol. The second-order valence-corrected chi connectivity index (χ2v) is 13.2. The summed E-state index contributed by atoms with van der Waals surface area (Å²) in [5.41, 5.74) is 0. The van der Waals surface area contributed by atoms with Crippen LogP contribution < -0.4 is 21.2 Å². The first-order valence-corrected chi connectivity index (χ1v) is 14.7. The molecule has 0 unspecified atom stereocenters. The highest BCUT2D eigenvalue weighted by Gasteiger charge is 2.35. The SMILES string of the molecule is c1ccc(P(C[C@H]2CC[C@@H]2CP(c2ccccc2)c2ccccc2)c2ccccc2)cc1. The summed E-state index contributed by atoms with van der Waals surface area (Å²) in [4.78, 5) is 0. The maximum absolute atomic E-state index is 2.34. The van der Waals surface area contributed by atoms with Crippen LogP contribution in [0.15, 0.2) is 121 Å². The van der Waals surface area contributed by atoms with Gasteiger partial charge in [0.05, 0.1) is 0 Å². The summed E-state index contributed by atoms with van der Waals surface area (Å²) >= 11 is 0. The van der Waals surface area contributed by atoms with Crippen LogP contribution >= 0.6 is 15.8 Å². The van der Waals surface area contributed by atoms with E-state index in [1.54, 1.807) is 0 Å². The number of hydrogen-bond acceptors (Lipinski definition) is 0. The molecule has 2 heteroatoms. The quantitative estimate of drug-likeness (QED) is 0.276. The fourth-order valence-electron chi connectivity index (χ4n) is 4.74. The van der Waals surface area contributed by atoms with Crippen molar-refractivity contribution in [3.05, 3.63) is 121 Å². The third-order valence-electron chi connectivity index (χ3n) is 6.68. The van der Waals surface area contributed by atoms with Crippen LogP contribution in [-0.4, -0.2) is 12.3 Å². The van der Waals surface area contributed by atoms with Crippen molar-refractivity contribution in [1.29, 1.82) is 0 Å². The lowest BCUT2D eigenvalue weighted by Crippen LogP contribution is -2.34. The van der Waals surface area contributed by atoms with Crippen LogP contribution in [0.1, 0.15) is 12.8 Å². The molecule has 160 valence electrons. The Morgan fingerprint density at radius 1 is 0.406 bits per heavy atom. The van der Waals surface area contributed by atoms with E-state index in [1.165, 1.54) is 46.4 Å². The lowest BCUT2D eigenvalue weighted by atomic mass is 9.76. The molecule has 0 aliphatic heterocycles. The second-order valence-electron chi connectivity index (χ2n) is 8.66. The van der Waals surface area contributed by atoms with Gasteiger partial charge < -0.3 is 0 Å². The van der Waals surface area contributed by atoms with Gasteiger partial charge >= 0.3 is 0 Å². The molecule has 0 bridgehead atoms. The first-order valence-electron chi connectivity index (χ1n) is 11.6. The maximum Gasteiger partial charge on any atom is -0.0195 e. The van der Waals surface area contributed by atoms with Crippen molar-refractivity contribution in [1.82, 2.24) is 0 Å². The molecule has 1 saturated carbocycles. The average molecular weight is 453 g/mol. The van der Waals surface area contributed by atoms with Gasteiger partial charge in [-0.1, -0.05) is 121 Å². The zero-order valence-corrected chi connectivity index (χ0v) is 20.2. The summed E-state index contributed by atoms with van der Waals surface area (Å²) in [5, 5.41) is 6.08. The average Bonchev–Trinajstić information content (AvgIpc) is 2.86. The summed E-state index contributed by atoms with van der Waals surface area (Å²) in [7, 11) is -0.596. The Labute approximate surface area is 195 Å². The highest BCUT2D eigenvalue weighted by atomic mass is 31.1. The Kier molecular flexibility index (Phi) is 7.13. The lowest BCUT2D eigenvalue weighted by molar-refractivity contribution is 0.228. The van der Waals surface area contributed by atoms with Crippen molar-refractivity contribution < 1.29 is 0 Å². The summed E-state index contributed by atoms with van der Waals surface area (Å²) in [6.45, 7) is 0. The molecule has 0 heterocycles. The van der Waals surface area contributed by atoms with Gasteiger partial charge in [0, 0.05) is 0 Å². The fraction of sp³-hybridized carbons (Fsp3) is 0.200. The van der Waals surface area contributed by atoms with Crippen molar-refractivity contribution in [2.75, 3.05) is 12.3 Å². The molecule has 4 aromatic carbocycles. The molecule has 1 fully saturated rings. The molecule has 0 nitrogen and oxygen atoms in total. The Balaban J connectivity index is 1.37. The van der Waals surface area contributed by atoms with E-state index >= 15 is 0 Å². The molecule has 0 N–H and O–H groups in total. The minimum Gasteiger partial charge on any atom is -0.0622 e. The Morgan fingerprint density at radius 3 is 0.875 bits per heavy atom. The molecule has 0 radical (unpaired) electrons. The minimum absolute atomic E-state index is 0.298. The number of rotatable bonds is 8. The molecule has 1 aliphatic carbocycles. The molecule has 0 aromatic heterocycles. The van der Waals surface area contributed by atoms with Gasteiger partial charge in [-0.2, -0.15) is 0 Å². The van der Waals surface area contributed by atoms with Crippen molar-refractivity contribution in [3.63, 3.8) is 0 Å². The zero-order valence-electron chi connectivity index (χ0n) is 18.4. The molecular weight excluding hydrogens is 422 g/mol. The normalized spacial score (nSPS) is 17.9.